The highest BCUT2D eigenvalue weighted by Crippen LogP contribution is 2.14. The Labute approximate surface area is 148 Å². The fourth-order valence-electron chi connectivity index (χ4n) is 3.18. The number of hydrogen-bond acceptors (Lipinski definition) is 4. The molecule has 0 aromatic carbocycles. The van der Waals surface area contributed by atoms with E-state index in [9.17, 15) is 4.79 Å². The Kier molecular flexibility index (Phi) is 6.03. The first-order chi connectivity index (χ1) is 12.2. The maximum absolute atomic E-state index is 11.8. The molecule has 2 amide bonds. The number of aryl methyl sites for hydroxylation is 3. The summed E-state index contributed by atoms with van der Waals surface area (Å²) < 4.78 is 4.02. The van der Waals surface area contributed by atoms with Gasteiger partial charge in [0.15, 0.2) is 0 Å². The molecule has 8 nitrogen and oxygen atoms in total. The number of carbonyl (C=O) groups is 1. The van der Waals surface area contributed by atoms with E-state index < -0.39 is 0 Å². The third-order valence-corrected chi connectivity index (χ3v) is 4.51. The van der Waals surface area contributed by atoms with Gasteiger partial charge in [0.1, 0.15) is 11.6 Å². The van der Waals surface area contributed by atoms with Gasteiger partial charge < -0.3 is 15.2 Å². The molecule has 25 heavy (non-hydrogen) atoms. The summed E-state index contributed by atoms with van der Waals surface area (Å²) in [6.07, 6.45) is 11.0. The third kappa shape index (κ3) is 5.04. The van der Waals surface area contributed by atoms with E-state index in [2.05, 4.69) is 30.5 Å². The molecule has 2 aromatic heterocycles. The summed E-state index contributed by atoms with van der Waals surface area (Å²) in [6, 6.07) is -0.123. The summed E-state index contributed by atoms with van der Waals surface area (Å²) in [5.74, 6) is 2.07. The standard InChI is InChI=1S/C17H27N7O/c1-23-13-14(12-20-23)6-5-9-18-17(25)19-10-8-16-22-21-15-7-3-2-4-11-24(15)16/h12-13H,2-11H2,1H3,(H2,18,19,25). The van der Waals surface area contributed by atoms with Crippen molar-refractivity contribution in [2.75, 3.05) is 13.1 Å². The quantitative estimate of drug-likeness (QED) is 0.738. The molecule has 0 spiro atoms. The van der Waals surface area contributed by atoms with Gasteiger partial charge in [0.2, 0.25) is 0 Å². The van der Waals surface area contributed by atoms with Crippen LogP contribution in [0.4, 0.5) is 4.79 Å². The van der Waals surface area contributed by atoms with Crippen molar-refractivity contribution in [1.82, 2.24) is 35.2 Å². The zero-order valence-corrected chi connectivity index (χ0v) is 14.9. The van der Waals surface area contributed by atoms with Gasteiger partial charge in [-0.05, 0) is 31.2 Å². The topological polar surface area (TPSA) is 89.7 Å². The lowest BCUT2D eigenvalue weighted by Crippen LogP contribution is -2.37. The van der Waals surface area contributed by atoms with Crippen LogP contribution in [0.1, 0.15) is 42.9 Å². The van der Waals surface area contributed by atoms with E-state index in [4.69, 9.17) is 0 Å². The van der Waals surface area contributed by atoms with E-state index >= 15 is 0 Å². The van der Waals surface area contributed by atoms with Gasteiger partial charge in [-0.15, -0.1) is 10.2 Å². The third-order valence-electron chi connectivity index (χ3n) is 4.51. The number of nitrogens with zero attached hydrogens (tertiary/aromatic N) is 5. The number of hydrogen-bond donors (Lipinski definition) is 2. The molecule has 8 heteroatoms. The van der Waals surface area contributed by atoms with Gasteiger partial charge in [-0.25, -0.2) is 4.79 Å². The van der Waals surface area contributed by atoms with Gasteiger partial charge in [-0.3, -0.25) is 4.68 Å². The van der Waals surface area contributed by atoms with Crippen LogP contribution in [-0.2, 0) is 32.9 Å². The van der Waals surface area contributed by atoms with Crippen molar-refractivity contribution in [2.24, 2.45) is 7.05 Å². The summed E-state index contributed by atoms with van der Waals surface area (Å²) in [5, 5.41) is 18.5. The summed E-state index contributed by atoms with van der Waals surface area (Å²) in [6.45, 7) is 2.23. The molecule has 3 heterocycles. The molecule has 2 N–H and O–H groups in total. The number of fused-ring (bicyclic) bond motifs is 1. The fraction of sp³-hybridized carbons (Fsp3) is 0.647. The summed E-state index contributed by atoms with van der Waals surface area (Å²) >= 11 is 0. The van der Waals surface area contributed by atoms with E-state index in [1.54, 1.807) is 4.68 Å². The number of nitrogens with one attached hydrogen (secondary N) is 2. The number of amides is 2. The van der Waals surface area contributed by atoms with Crippen LogP contribution in [0, 0.1) is 0 Å². The summed E-state index contributed by atoms with van der Waals surface area (Å²) in [7, 11) is 1.91. The minimum absolute atomic E-state index is 0.123. The zero-order valence-electron chi connectivity index (χ0n) is 14.9. The van der Waals surface area contributed by atoms with Gasteiger partial charge in [-0.2, -0.15) is 5.10 Å². The minimum atomic E-state index is -0.123. The molecule has 1 aliphatic heterocycles. The first-order valence-corrected chi connectivity index (χ1v) is 9.12. The molecule has 0 bridgehead atoms. The van der Waals surface area contributed by atoms with Crippen molar-refractivity contribution < 1.29 is 4.79 Å². The summed E-state index contributed by atoms with van der Waals surface area (Å²) in [4.78, 5) is 11.8. The van der Waals surface area contributed by atoms with Gasteiger partial charge in [0, 0.05) is 45.7 Å². The van der Waals surface area contributed by atoms with Crippen LogP contribution >= 0.6 is 0 Å². The lowest BCUT2D eigenvalue weighted by molar-refractivity contribution is 0.241. The summed E-state index contributed by atoms with van der Waals surface area (Å²) in [5.41, 5.74) is 1.19. The molecule has 1 aliphatic rings. The largest absolute Gasteiger partial charge is 0.338 e. The fourth-order valence-corrected chi connectivity index (χ4v) is 3.18. The molecule has 3 rings (SSSR count). The Balaban J connectivity index is 1.32. The van der Waals surface area contributed by atoms with Gasteiger partial charge in [0.05, 0.1) is 6.20 Å². The maximum Gasteiger partial charge on any atom is 0.314 e. The van der Waals surface area contributed by atoms with E-state index in [0.29, 0.717) is 13.1 Å². The van der Waals surface area contributed by atoms with Crippen molar-refractivity contribution in [3.63, 3.8) is 0 Å². The van der Waals surface area contributed by atoms with E-state index in [-0.39, 0.29) is 6.03 Å². The lowest BCUT2D eigenvalue weighted by atomic mass is 10.2. The van der Waals surface area contributed by atoms with Crippen LogP contribution in [0.2, 0.25) is 0 Å². The molecule has 0 fully saturated rings. The number of carbonyl (C=O) groups excluding carboxylic acids is 1. The van der Waals surface area contributed by atoms with Crippen LogP contribution in [0.25, 0.3) is 0 Å². The highest BCUT2D eigenvalue weighted by atomic mass is 16.2. The Morgan fingerprint density at radius 3 is 2.88 bits per heavy atom. The van der Waals surface area contributed by atoms with Crippen molar-refractivity contribution in [3.05, 3.63) is 29.6 Å². The predicted molar refractivity (Wildman–Crippen MR) is 94.2 cm³/mol. The van der Waals surface area contributed by atoms with Crippen LogP contribution in [0.5, 0.6) is 0 Å². The zero-order chi connectivity index (χ0) is 17.5. The smallest absolute Gasteiger partial charge is 0.314 e. The minimum Gasteiger partial charge on any atom is -0.338 e. The highest BCUT2D eigenvalue weighted by Gasteiger charge is 2.14. The van der Waals surface area contributed by atoms with Gasteiger partial charge >= 0.3 is 6.03 Å². The van der Waals surface area contributed by atoms with Crippen LogP contribution in [0.15, 0.2) is 12.4 Å². The molecule has 0 aliphatic carbocycles. The highest BCUT2D eigenvalue weighted by molar-refractivity contribution is 5.73. The molecule has 0 saturated carbocycles. The van der Waals surface area contributed by atoms with Crippen LogP contribution in [-0.4, -0.2) is 43.7 Å². The molecular formula is C17H27N7O. The maximum atomic E-state index is 11.8. The molecule has 136 valence electrons. The van der Waals surface area contributed by atoms with E-state index in [1.165, 1.54) is 24.8 Å². The van der Waals surface area contributed by atoms with Crippen LogP contribution in [0.3, 0.4) is 0 Å². The SMILES string of the molecule is Cn1cc(CCCNC(=O)NCCc2nnc3n2CCCCC3)cn1. The van der Waals surface area contributed by atoms with Gasteiger partial charge in [-0.1, -0.05) is 6.42 Å². The van der Waals surface area contributed by atoms with E-state index in [0.717, 1.165) is 43.9 Å². The van der Waals surface area contributed by atoms with Crippen LogP contribution < -0.4 is 10.6 Å². The van der Waals surface area contributed by atoms with Crippen molar-refractivity contribution in [1.29, 1.82) is 0 Å². The molecule has 2 aromatic rings. The first kappa shape index (κ1) is 17.4. The Morgan fingerprint density at radius 1 is 1.16 bits per heavy atom. The number of rotatable bonds is 7. The Morgan fingerprint density at radius 2 is 2.04 bits per heavy atom. The molecule has 0 unspecified atom stereocenters. The van der Waals surface area contributed by atoms with Crippen molar-refractivity contribution >= 4 is 6.03 Å². The second-order valence-corrected chi connectivity index (χ2v) is 6.55. The van der Waals surface area contributed by atoms with E-state index in [1.807, 2.05) is 19.4 Å². The second kappa shape index (κ2) is 8.64. The molecular weight excluding hydrogens is 318 g/mol. The number of urea groups is 1. The average molecular weight is 345 g/mol. The first-order valence-electron chi connectivity index (χ1n) is 9.12. The Bertz CT molecular complexity index is 691. The number of aromatic nitrogens is 5. The monoisotopic (exact) mass is 345 g/mol. The second-order valence-electron chi connectivity index (χ2n) is 6.55. The van der Waals surface area contributed by atoms with Crippen molar-refractivity contribution in [2.45, 2.75) is 51.5 Å². The molecule has 0 saturated heterocycles. The molecule has 0 radical (unpaired) electrons. The molecule has 0 atom stereocenters. The normalized spacial score (nSPS) is 14.0. The Hall–Kier alpha value is -2.38. The average Bonchev–Trinajstić information content (AvgIpc) is 3.10. The van der Waals surface area contributed by atoms with Crippen molar-refractivity contribution in [3.8, 4) is 0 Å². The predicted octanol–water partition coefficient (Wildman–Crippen LogP) is 1.21. The van der Waals surface area contributed by atoms with Gasteiger partial charge in [0.25, 0.3) is 0 Å². The lowest BCUT2D eigenvalue weighted by Gasteiger charge is -2.09.